The zero-order valence-electron chi connectivity index (χ0n) is 8.79. The molecule has 2 heterocycles. The van der Waals surface area contributed by atoms with E-state index in [4.69, 9.17) is 4.74 Å². The minimum absolute atomic E-state index is 0.0590. The van der Waals surface area contributed by atoms with E-state index in [2.05, 4.69) is 4.58 Å². The summed E-state index contributed by atoms with van der Waals surface area (Å²) >= 11 is 0. The van der Waals surface area contributed by atoms with Crippen LogP contribution in [0.5, 0.6) is 0 Å². The average molecular weight is 196 g/mol. The Kier molecular flexibility index (Phi) is 2.85. The van der Waals surface area contributed by atoms with Crippen molar-refractivity contribution in [3.63, 3.8) is 0 Å². The number of methoxy groups -OCH3 is 1. The van der Waals surface area contributed by atoms with Crippen molar-refractivity contribution in [2.24, 2.45) is 5.92 Å². The topological polar surface area (TPSA) is 29.3 Å². The monoisotopic (exact) mass is 196 g/mol. The lowest BCUT2D eigenvalue weighted by Crippen LogP contribution is -2.30. The van der Waals surface area contributed by atoms with Gasteiger partial charge in [0.2, 0.25) is 0 Å². The maximum atomic E-state index is 11.2. The summed E-state index contributed by atoms with van der Waals surface area (Å²) in [5.41, 5.74) is 1.52. The van der Waals surface area contributed by atoms with Crippen molar-refractivity contribution < 1.29 is 14.1 Å². The molecule has 0 spiro atoms. The van der Waals surface area contributed by atoms with Gasteiger partial charge in [0.1, 0.15) is 13.1 Å². The lowest BCUT2D eigenvalue weighted by Gasteiger charge is -2.18. The third kappa shape index (κ3) is 1.81. The van der Waals surface area contributed by atoms with Gasteiger partial charge in [0.15, 0.2) is 5.71 Å². The van der Waals surface area contributed by atoms with Gasteiger partial charge in [-0.3, -0.25) is 4.79 Å². The van der Waals surface area contributed by atoms with Gasteiger partial charge in [-0.15, -0.1) is 0 Å². The van der Waals surface area contributed by atoms with E-state index in [0.29, 0.717) is 12.3 Å². The summed E-state index contributed by atoms with van der Waals surface area (Å²) < 4.78 is 7.20. The van der Waals surface area contributed by atoms with Gasteiger partial charge in [0.25, 0.3) is 0 Å². The second kappa shape index (κ2) is 4.11. The number of esters is 1. The standard InChI is InChI=1S/C11H18NO2/c1-14-11(13)8-9-4-2-6-12-7-3-5-10(9)12/h9H,2-8H2,1H3/q+1. The Morgan fingerprint density at radius 2 is 2.29 bits per heavy atom. The number of carbonyl (C=O) groups is 1. The van der Waals surface area contributed by atoms with Crippen LogP contribution in [0.2, 0.25) is 0 Å². The van der Waals surface area contributed by atoms with Crippen LogP contribution in [0.3, 0.4) is 0 Å². The quantitative estimate of drug-likeness (QED) is 0.490. The van der Waals surface area contributed by atoms with Gasteiger partial charge in [-0.05, 0) is 6.42 Å². The van der Waals surface area contributed by atoms with Crippen molar-refractivity contribution in [3.05, 3.63) is 0 Å². The highest BCUT2D eigenvalue weighted by molar-refractivity contribution is 5.87. The van der Waals surface area contributed by atoms with Gasteiger partial charge in [-0.1, -0.05) is 0 Å². The minimum Gasteiger partial charge on any atom is -0.469 e. The van der Waals surface area contributed by atoms with E-state index in [0.717, 1.165) is 0 Å². The van der Waals surface area contributed by atoms with Crippen LogP contribution in [0.1, 0.15) is 32.1 Å². The molecule has 0 aliphatic carbocycles. The zero-order valence-corrected chi connectivity index (χ0v) is 8.79. The van der Waals surface area contributed by atoms with E-state index in [1.165, 1.54) is 51.6 Å². The predicted octanol–water partition coefficient (Wildman–Crippen LogP) is 1.21. The maximum Gasteiger partial charge on any atom is 0.306 e. The molecule has 3 nitrogen and oxygen atoms in total. The number of hydrogen-bond donors (Lipinski definition) is 0. The van der Waals surface area contributed by atoms with Crippen LogP contribution in [0, 0.1) is 5.92 Å². The molecule has 0 aromatic carbocycles. The SMILES string of the molecule is COC(=O)CC1CCC[N+]2=C1CCC2. The summed E-state index contributed by atoms with van der Waals surface area (Å²) in [6.07, 6.45) is 5.45. The third-order valence-electron chi connectivity index (χ3n) is 3.36. The molecule has 2 aliphatic rings. The third-order valence-corrected chi connectivity index (χ3v) is 3.36. The summed E-state index contributed by atoms with van der Waals surface area (Å²) in [6.45, 7) is 2.40. The molecule has 0 N–H and O–H groups in total. The van der Waals surface area contributed by atoms with E-state index in [-0.39, 0.29) is 5.97 Å². The number of rotatable bonds is 2. The van der Waals surface area contributed by atoms with Crippen LogP contribution in [-0.2, 0) is 9.53 Å². The Morgan fingerprint density at radius 1 is 1.50 bits per heavy atom. The Morgan fingerprint density at radius 3 is 3.07 bits per heavy atom. The fourth-order valence-corrected chi connectivity index (χ4v) is 2.67. The van der Waals surface area contributed by atoms with Gasteiger partial charge in [-0.2, -0.15) is 0 Å². The first kappa shape index (κ1) is 9.69. The van der Waals surface area contributed by atoms with Crippen LogP contribution in [-0.4, -0.2) is 36.5 Å². The molecule has 14 heavy (non-hydrogen) atoms. The molecule has 0 amide bonds. The molecule has 0 fully saturated rings. The van der Waals surface area contributed by atoms with Crippen molar-refractivity contribution in [2.75, 3.05) is 20.2 Å². The van der Waals surface area contributed by atoms with Crippen molar-refractivity contribution in [2.45, 2.75) is 32.1 Å². The van der Waals surface area contributed by atoms with Crippen molar-refractivity contribution in [1.82, 2.24) is 0 Å². The number of ether oxygens (including phenoxy) is 1. The molecule has 78 valence electrons. The smallest absolute Gasteiger partial charge is 0.306 e. The van der Waals surface area contributed by atoms with Crippen molar-refractivity contribution >= 4 is 11.7 Å². The van der Waals surface area contributed by atoms with Crippen LogP contribution < -0.4 is 0 Å². The van der Waals surface area contributed by atoms with Crippen molar-refractivity contribution in [3.8, 4) is 0 Å². The molecule has 2 aliphatic heterocycles. The molecule has 0 saturated carbocycles. The van der Waals surface area contributed by atoms with Crippen LogP contribution in [0.15, 0.2) is 0 Å². The van der Waals surface area contributed by atoms with E-state index >= 15 is 0 Å². The molecular weight excluding hydrogens is 178 g/mol. The van der Waals surface area contributed by atoms with Gasteiger partial charge < -0.3 is 4.74 Å². The summed E-state index contributed by atoms with van der Waals surface area (Å²) in [5, 5.41) is 0. The molecule has 0 aromatic heterocycles. The molecule has 2 rings (SSSR count). The first-order valence-electron chi connectivity index (χ1n) is 5.48. The van der Waals surface area contributed by atoms with Crippen molar-refractivity contribution in [1.29, 1.82) is 0 Å². The van der Waals surface area contributed by atoms with Crippen LogP contribution >= 0.6 is 0 Å². The highest BCUT2D eigenvalue weighted by Gasteiger charge is 2.34. The Hall–Kier alpha value is -0.860. The first-order chi connectivity index (χ1) is 6.81. The summed E-state index contributed by atoms with van der Waals surface area (Å²) in [6, 6.07) is 0. The van der Waals surface area contributed by atoms with Gasteiger partial charge in [0, 0.05) is 25.2 Å². The molecule has 1 atom stereocenters. The minimum atomic E-state index is -0.0590. The molecule has 0 saturated heterocycles. The number of hydrogen-bond acceptors (Lipinski definition) is 2. The van der Waals surface area contributed by atoms with Gasteiger partial charge in [-0.25, -0.2) is 4.58 Å². The average Bonchev–Trinajstić information content (AvgIpc) is 2.66. The molecule has 0 aromatic rings. The predicted molar refractivity (Wildman–Crippen MR) is 53.6 cm³/mol. The second-order valence-electron chi connectivity index (χ2n) is 4.20. The van der Waals surface area contributed by atoms with E-state index < -0.39 is 0 Å². The normalized spacial score (nSPS) is 26.2. The lowest BCUT2D eigenvalue weighted by atomic mass is 9.90. The largest absolute Gasteiger partial charge is 0.469 e. The molecular formula is C11H18NO2+. The molecule has 1 unspecified atom stereocenters. The lowest BCUT2D eigenvalue weighted by molar-refractivity contribution is -0.527. The Bertz CT molecular complexity index is 270. The zero-order chi connectivity index (χ0) is 9.97. The van der Waals surface area contributed by atoms with E-state index in [1.807, 2.05) is 0 Å². The number of carbonyl (C=O) groups excluding carboxylic acids is 1. The highest BCUT2D eigenvalue weighted by Crippen LogP contribution is 2.24. The van der Waals surface area contributed by atoms with E-state index in [1.54, 1.807) is 0 Å². The summed E-state index contributed by atoms with van der Waals surface area (Å²) in [7, 11) is 1.47. The summed E-state index contributed by atoms with van der Waals surface area (Å²) in [4.78, 5) is 11.2. The van der Waals surface area contributed by atoms with E-state index in [9.17, 15) is 4.79 Å². The number of nitrogens with zero attached hydrogens (tertiary/aromatic N) is 1. The second-order valence-corrected chi connectivity index (χ2v) is 4.20. The maximum absolute atomic E-state index is 11.2. The van der Waals surface area contributed by atoms with Gasteiger partial charge in [0.05, 0.1) is 13.5 Å². The first-order valence-corrected chi connectivity index (χ1v) is 5.48. The Labute approximate surface area is 84.8 Å². The molecule has 3 heteroatoms. The molecule has 0 bridgehead atoms. The highest BCUT2D eigenvalue weighted by atomic mass is 16.5. The summed E-state index contributed by atoms with van der Waals surface area (Å²) in [5.74, 6) is 0.412. The molecule has 0 radical (unpaired) electrons. The van der Waals surface area contributed by atoms with Crippen LogP contribution in [0.4, 0.5) is 0 Å². The van der Waals surface area contributed by atoms with Crippen LogP contribution in [0.25, 0.3) is 0 Å². The van der Waals surface area contributed by atoms with Gasteiger partial charge >= 0.3 is 5.97 Å². The fraction of sp³-hybridized carbons (Fsp3) is 0.818. The fourth-order valence-electron chi connectivity index (χ4n) is 2.67. The Balaban J connectivity index is 2.04.